The lowest BCUT2D eigenvalue weighted by atomic mass is 9.49. The van der Waals surface area contributed by atoms with Crippen molar-refractivity contribution in [3.63, 3.8) is 0 Å². The molecule has 7 nitrogen and oxygen atoms in total. The molecule has 3 aromatic carbocycles. The van der Waals surface area contributed by atoms with Crippen molar-refractivity contribution in [3.8, 4) is 0 Å². The van der Waals surface area contributed by atoms with E-state index < -0.39 is 51.4 Å². The summed E-state index contributed by atoms with van der Waals surface area (Å²) in [6.45, 7) is 12.1. The van der Waals surface area contributed by atoms with E-state index in [-0.39, 0.29) is 50.1 Å². The summed E-state index contributed by atoms with van der Waals surface area (Å²) >= 11 is 6.59. The summed E-state index contributed by atoms with van der Waals surface area (Å²) in [6, 6.07) is 5.48. The number of imidazole rings is 1. The van der Waals surface area contributed by atoms with Crippen molar-refractivity contribution < 1.29 is 26.3 Å². The van der Waals surface area contributed by atoms with E-state index in [1.54, 1.807) is 25.3 Å². The lowest BCUT2D eigenvalue weighted by Gasteiger charge is -2.39. The first kappa shape index (κ1) is 35.5. The fourth-order valence-electron chi connectivity index (χ4n) is 6.43. The minimum absolute atomic E-state index is 0.0764. The third-order valence-corrected chi connectivity index (χ3v) is 9.08. The molecule has 1 aliphatic rings. The fraction of sp³-hybridized carbons (Fsp3) is 0.303. The highest BCUT2D eigenvalue weighted by molar-refractivity contribution is 6.43. The zero-order chi connectivity index (χ0) is 37.0. The Bertz CT molecular complexity index is 2320. The van der Waals surface area contributed by atoms with Crippen LogP contribution in [0.2, 0.25) is 5.02 Å². The van der Waals surface area contributed by atoms with Gasteiger partial charge < -0.3 is 19.8 Å². The van der Waals surface area contributed by atoms with Gasteiger partial charge in [-0.1, -0.05) is 18.2 Å². The molecule has 2 unspecified atom stereocenters. The number of benzene rings is 3. The molecular weight excluding hydrogens is 676 g/mol. The van der Waals surface area contributed by atoms with Gasteiger partial charge in [-0.2, -0.15) is 13.2 Å². The van der Waals surface area contributed by atoms with Crippen molar-refractivity contribution in [2.45, 2.75) is 63.3 Å². The van der Waals surface area contributed by atoms with Crippen LogP contribution in [0.5, 0.6) is 0 Å². The number of hydrogen-bond donors (Lipinski definition) is 3. The molecule has 0 saturated heterocycles. The number of nitrogens with zero attached hydrogens (tertiary/aromatic N) is 4. The van der Waals surface area contributed by atoms with E-state index in [0.29, 0.717) is 22.7 Å². The molecule has 6 rings (SSSR count). The Labute approximate surface area is 291 Å². The molecule has 0 spiro atoms. The van der Waals surface area contributed by atoms with Crippen LogP contribution >= 0.6 is 11.6 Å². The Morgan fingerprint density at radius 3 is 2.22 bits per heavy atom. The van der Waals surface area contributed by atoms with Gasteiger partial charge in [-0.3, -0.25) is 9.80 Å². The number of halogens is 7. The largest absolute Gasteiger partial charge is 0.418 e. The van der Waals surface area contributed by atoms with Crippen molar-refractivity contribution in [2.24, 2.45) is 0 Å². The van der Waals surface area contributed by atoms with Crippen LogP contribution in [0, 0.1) is 24.0 Å². The summed E-state index contributed by atoms with van der Waals surface area (Å²) in [5.41, 5.74) is -6.59. The molecule has 5 aromatic rings. The fourth-order valence-corrected chi connectivity index (χ4v) is 6.66. The minimum Gasteiger partial charge on any atom is -0.374 e. The molecule has 6 radical (unpaired) electrons. The summed E-state index contributed by atoms with van der Waals surface area (Å²) in [4.78, 5) is 8.31. The second kappa shape index (κ2) is 11.3. The molecule has 1 aliphatic heterocycles. The summed E-state index contributed by atoms with van der Waals surface area (Å²) in [5, 5.41) is 15.4. The van der Waals surface area contributed by atoms with E-state index >= 15 is 4.39 Å². The number of aromatic nitrogens is 4. The van der Waals surface area contributed by atoms with Crippen LogP contribution in [0.25, 0.3) is 27.6 Å². The Hall–Kier alpha value is -4.33. The van der Waals surface area contributed by atoms with Crippen LogP contribution < -0.4 is 16.3 Å². The molecule has 17 heteroatoms. The maximum absolute atomic E-state index is 15.5. The highest BCUT2D eigenvalue weighted by atomic mass is 35.5. The van der Waals surface area contributed by atoms with Gasteiger partial charge in [0.15, 0.2) is 0 Å². The monoisotopic (exact) mass is 703 g/mol. The Morgan fingerprint density at radius 1 is 0.960 bits per heavy atom. The number of rotatable bonds is 5. The maximum Gasteiger partial charge on any atom is 0.418 e. The predicted molar refractivity (Wildman–Crippen MR) is 183 cm³/mol. The van der Waals surface area contributed by atoms with Gasteiger partial charge in [-0.25, -0.2) is 18.7 Å². The number of anilines is 2. The maximum atomic E-state index is 15.5. The quantitative estimate of drug-likeness (QED) is 0.135. The molecular formula is C33H27B3ClF6N7. The molecule has 3 heterocycles. The van der Waals surface area contributed by atoms with Gasteiger partial charge in [-0.05, 0) is 71.0 Å². The van der Waals surface area contributed by atoms with Crippen LogP contribution in [-0.2, 0) is 17.2 Å². The van der Waals surface area contributed by atoms with Crippen LogP contribution in [0.3, 0.4) is 0 Å². The average Bonchev–Trinajstić information content (AvgIpc) is 3.47. The van der Waals surface area contributed by atoms with E-state index in [4.69, 9.17) is 35.1 Å². The third-order valence-electron chi connectivity index (χ3n) is 8.73. The summed E-state index contributed by atoms with van der Waals surface area (Å²) < 4.78 is 89.9. The van der Waals surface area contributed by atoms with E-state index in [1.807, 2.05) is 0 Å². The first-order valence-electron chi connectivity index (χ1n) is 15.1. The van der Waals surface area contributed by atoms with E-state index in [2.05, 4.69) is 27.2 Å². The van der Waals surface area contributed by atoms with E-state index in [1.165, 1.54) is 38.1 Å². The lowest BCUT2D eigenvalue weighted by Crippen LogP contribution is -2.56. The molecule has 0 fully saturated rings. The van der Waals surface area contributed by atoms with Crippen LogP contribution in [-0.4, -0.2) is 48.1 Å². The third kappa shape index (κ3) is 5.55. The Balaban J connectivity index is 1.79. The van der Waals surface area contributed by atoms with Gasteiger partial charge in [0.05, 0.1) is 28.2 Å². The summed E-state index contributed by atoms with van der Waals surface area (Å²) in [5.74, 6) is -2.10. The average molecular weight is 704 g/mol. The molecule has 0 aliphatic carbocycles. The molecule has 0 amide bonds. The Kier molecular flexibility index (Phi) is 8.05. The molecule has 0 saturated carbocycles. The number of aryl methyl sites for hydroxylation is 1. The van der Waals surface area contributed by atoms with Crippen LogP contribution in [0.4, 0.5) is 37.8 Å². The van der Waals surface area contributed by atoms with Crippen molar-refractivity contribution in [2.75, 3.05) is 5.32 Å². The zero-order valence-corrected chi connectivity index (χ0v) is 28.2. The standard InChI is InChI=1S/C33H27B3ClF6N7/c1-13-23-24(26(45-13)17-9-15(38)7-8-20(17)37)21(48-28-18-10-16(39)11-19(32(40,41)42)25(18)46-14(2)47-28)12-22-27(23)50(30(3,4)5)29(44)49(22)31(6,34)33(35,36)43/h7-12,26,44-45H,1H2,2-6H3,(H,46,47,48). The minimum atomic E-state index is -4.96. The normalized spacial score (nSPS) is 16.5. The van der Waals surface area contributed by atoms with E-state index in [9.17, 15) is 27.4 Å². The number of fused-ring (bicyclic) bond motifs is 4. The van der Waals surface area contributed by atoms with Gasteiger partial charge in [0.1, 0.15) is 46.8 Å². The second-order valence-corrected chi connectivity index (χ2v) is 13.9. The van der Waals surface area contributed by atoms with Crippen molar-refractivity contribution in [3.05, 3.63) is 93.3 Å². The Morgan fingerprint density at radius 2 is 1.62 bits per heavy atom. The van der Waals surface area contributed by atoms with Gasteiger partial charge in [0.2, 0.25) is 5.62 Å². The SMILES string of the molecule is [B]C([B])(F)C([B])(C)n1c(=N)n(C(C)(C)C)c2c3c(c(Nc4nc(C)nc5c(C(F)(F)F)cc(F)cc45)cc21)C(c1cc(F)ccc1Cl)NC3=C. The predicted octanol–water partition coefficient (Wildman–Crippen LogP) is 7.09. The molecule has 2 atom stereocenters. The van der Waals surface area contributed by atoms with Crippen molar-refractivity contribution in [1.82, 2.24) is 24.4 Å². The van der Waals surface area contributed by atoms with Gasteiger partial charge in [0, 0.05) is 54.9 Å². The first-order valence-corrected chi connectivity index (χ1v) is 15.5. The number of hydrogen-bond acceptors (Lipinski definition) is 5. The van der Waals surface area contributed by atoms with Gasteiger partial charge in [0.25, 0.3) is 0 Å². The zero-order valence-electron chi connectivity index (χ0n) is 27.4. The van der Waals surface area contributed by atoms with Crippen molar-refractivity contribution >= 4 is 74.3 Å². The molecule has 3 N–H and O–H groups in total. The van der Waals surface area contributed by atoms with Crippen LogP contribution in [0.1, 0.15) is 61.8 Å². The second-order valence-electron chi connectivity index (χ2n) is 13.5. The lowest BCUT2D eigenvalue weighted by molar-refractivity contribution is -0.136. The first-order chi connectivity index (χ1) is 22.9. The van der Waals surface area contributed by atoms with Crippen molar-refractivity contribution in [1.29, 1.82) is 5.41 Å². The molecule has 50 heavy (non-hydrogen) atoms. The smallest absolute Gasteiger partial charge is 0.374 e. The van der Waals surface area contributed by atoms with Crippen LogP contribution in [0.15, 0.2) is 43.0 Å². The molecule has 2 aromatic heterocycles. The van der Waals surface area contributed by atoms with Gasteiger partial charge >= 0.3 is 6.18 Å². The number of alkyl halides is 4. The van der Waals surface area contributed by atoms with Gasteiger partial charge in [-0.15, -0.1) is 0 Å². The highest BCUT2D eigenvalue weighted by Crippen LogP contribution is 2.48. The molecule has 252 valence electrons. The van der Waals surface area contributed by atoms with E-state index in [0.717, 1.165) is 10.6 Å². The topological polar surface area (TPSA) is 83.6 Å². The summed E-state index contributed by atoms with van der Waals surface area (Å²) in [7, 11) is 17.9. The number of nitrogens with one attached hydrogen (secondary N) is 3. The molecule has 0 bridgehead atoms. The summed E-state index contributed by atoms with van der Waals surface area (Å²) in [6.07, 6.45) is -4.96. The highest BCUT2D eigenvalue weighted by Gasteiger charge is 2.43.